The van der Waals surface area contributed by atoms with Gasteiger partial charge in [0.2, 0.25) is 0 Å². The highest BCUT2D eigenvalue weighted by Crippen LogP contribution is 2.26. The van der Waals surface area contributed by atoms with Crippen LogP contribution in [0.25, 0.3) is 0 Å². The van der Waals surface area contributed by atoms with Crippen molar-refractivity contribution in [2.45, 2.75) is 30.8 Å². The van der Waals surface area contributed by atoms with Crippen LogP contribution in [-0.2, 0) is 14.8 Å². The fourth-order valence-electron chi connectivity index (χ4n) is 2.48. The zero-order valence-electron chi connectivity index (χ0n) is 17.9. The van der Waals surface area contributed by atoms with Gasteiger partial charge >= 0.3 is 18.1 Å². The Labute approximate surface area is 191 Å². The predicted molar refractivity (Wildman–Crippen MR) is 112 cm³/mol. The van der Waals surface area contributed by atoms with Gasteiger partial charge < -0.3 is 15.1 Å². The van der Waals surface area contributed by atoms with Gasteiger partial charge in [-0.3, -0.25) is 4.72 Å². The minimum atomic E-state index is -5.08. The Kier molecular flexibility index (Phi) is 9.79. The third kappa shape index (κ3) is 8.17. The lowest BCUT2D eigenvalue weighted by molar-refractivity contribution is -0.192. The first-order valence-corrected chi connectivity index (χ1v) is 10.9. The van der Waals surface area contributed by atoms with Crippen LogP contribution in [0.3, 0.4) is 0 Å². The molecule has 0 aliphatic carbocycles. The van der Waals surface area contributed by atoms with E-state index in [1.165, 1.54) is 18.2 Å². The number of anilines is 2. The summed E-state index contributed by atoms with van der Waals surface area (Å²) in [7, 11) is -2.45. The average Bonchev–Trinajstić information content (AvgIpc) is 2.73. The molecule has 0 spiro atoms. The molecule has 2 rings (SSSR count). The molecule has 0 saturated carbocycles. The molecule has 0 aliphatic heterocycles. The van der Waals surface area contributed by atoms with E-state index in [9.17, 15) is 40.3 Å². The number of nitrogens with zero attached hydrogens (tertiary/aromatic N) is 1. The van der Waals surface area contributed by atoms with Gasteiger partial charge in [-0.1, -0.05) is 13.3 Å². The number of aliphatic carboxylic acids is 1. The second-order valence-corrected chi connectivity index (χ2v) is 8.48. The zero-order valence-corrected chi connectivity index (χ0v) is 18.7. The van der Waals surface area contributed by atoms with Crippen LogP contribution in [0.15, 0.2) is 41.3 Å². The number of carboxylic acid groups (broad SMARTS) is 2. The molecule has 2 aromatic carbocycles. The maximum atomic E-state index is 13.3. The van der Waals surface area contributed by atoms with Gasteiger partial charge in [0.15, 0.2) is 11.6 Å². The normalized spacial score (nSPS) is 11.3. The number of hydrogen-bond acceptors (Lipinski definition) is 5. The maximum Gasteiger partial charge on any atom is 0.490 e. The summed E-state index contributed by atoms with van der Waals surface area (Å²) in [4.78, 5) is 21.8. The average molecular weight is 512 g/mol. The van der Waals surface area contributed by atoms with Gasteiger partial charge in [0.1, 0.15) is 0 Å². The Morgan fingerprint density at radius 3 is 2.09 bits per heavy atom. The van der Waals surface area contributed by atoms with E-state index in [1.807, 2.05) is 6.92 Å². The minimum Gasteiger partial charge on any atom is -0.478 e. The number of hydrogen-bond donors (Lipinski definition) is 3. The fourth-order valence-corrected chi connectivity index (χ4v) is 3.54. The number of carboxylic acids is 2. The van der Waals surface area contributed by atoms with E-state index in [0.29, 0.717) is 24.4 Å². The lowest BCUT2D eigenvalue weighted by Crippen LogP contribution is -2.21. The molecule has 0 bridgehead atoms. The van der Waals surface area contributed by atoms with Crippen LogP contribution in [0.4, 0.5) is 33.3 Å². The number of sulfonamides is 1. The summed E-state index contributed by atoms with van der Waals surface area (Å²) in [5, 5.41) is 16.6. The molecule has 0 radical (unpaired) electrons. The lowest BCUT2D eigenvalue weighted by atomic mass is 10.1. The Morgan fingerprint density at radius 2 is 1.62 bits per heavy atom. The Hall–Kier alpha value is -3.42. The molecule has 0 aromatic heterocycles. The van der Waals surface area contributed by atoms with Gasteiger partial charge in [-0.15, -0.1) is 0 Å². The largest absolute Gasteiger partial charge is 0.490 e. The molecule has 0 saturated heterocycles. The van der Waals surface area contributed by atoms with Crippen molar-refractivity contribution >= 4 is 33.3 Å². The molecule has 14 heteroatoms. The molecule has 8 nitrogen and oxygen atoms in total. The number of rotatable bonds is 8. The molecule has 2 aromatic rings. The minimum absolute atomic E-state index is 0.00442. The van der Waals surface area contributed by atoms with E-state index >= 15 is 0 Å². The first-order valence-electron chi connectivity index (χ1n) is 9.46. The summed E-state index contributed by atoms with van der Waals surface area (Å²) >= 11 is 0. The number of unbranched alkanes of at least 4 members (excludes halogenated alkanes) is 1. The van der Waals surface area contributed by atoms with E-state index in [-0.39, 0.29) is 11.3 Å². The number of halogens is 5. The first-order chi connectivity index (χ1) is 15.6. The summed E-state index contributed by atoms with van der Waals surface area (Å²) in [6.45, 7) is 2.67. The van der Waals surface area contributed by atoms with Gasteiger partial charge in [0, 0.05) is 19.3 Å². The van der Waals surface area contributed by atoms with Crippen molar-refractivity contribution in [3.63, 3.8) is 0 Å². The molecule has 188 valence electrons. The third-order valence-electron chi connectivity index (χ3n) is 4.18. The van der Waals surface area contributed by atoms with Gasteiger partial charge in [-0.05, 0) is 42.8 Å². The van der Waals surface area contributed by atoms with Gasteiger partial charge in [0.25, 0.3) is 10.0 Å². The summed E-state index contributed by atoms with van der Waals surface area (Å²) < 4.78 is 84.9. The van der Waals surface area contributed by atoms with E-state index in [0.717, 1.165) is 18.9 Å². The number of carbonyl (C=O) groups is 2. The van der Waals surface area contributed by atoms with Gasteiger partial charge in [0.05, 0.1) is 16.1 Å². The number of alkyl halides is 3. The molecule has 0 aliphatic rings. The van der Waals surface area contributed by atoms with Crippen molar-refractivity contribution in [1.82, 2.24) is 0 Å². The second kappa shape index (κ2) is 11.6. The topological polar surface area (TPSA) is 124 Å². The van der Waals surface area contributed by atoms with Crippen molar-refractivity contribution in [2.24, 2.45) is 0 Å². The van der Waals surface area contributed by atoms with E-state index in [2.05, 4.69) is 4.72 Å². The SMILES string of the molecule is CCCCN(C)c1ccc(NS(=O)(=O)c2ccc(F)c(F)c2)cc1C(=O)O.O=C(O)C(F)(F)F. The van der Waals surface area contributed by atoms with Crippen molar-refractivity contribution in [1.29, 1.82) is 0 Å². The van der Waals surface area contributed by atoms with Crippen molar-refractivity contribution in [2.75, 3.05) is 23.2 Å². The molecular weight excluding hydrogens is 491 g/mol. The Balaban J connectivity index is 0.000000718. The van der Waals surface area contributed by atoms with Crippen LogP contribution in [-0.4, -0.2) is 50.3 Å². The van der Waals surface area contributed by atoms with Crippen LogP contribution in [0.1, 0.15) is 30.1 Å². The summed E-state index contributed by atoms with van der Waals surface area (Å²) in [5.74, 6) is -6.42. The van der Waals surface area contributed by atoms with E-state index < -0.39 is 44.7 Å². The summed E-state index contributed by atoms with van der Waals surface area (Å²) in [6, 6.07) is 6.30. The standard InChI is InChI=1S/C18H20F2N2O4S.C2HF3O2/c1-3-4-9-22(2)17-8-5-12(10-14(17)18(23)24)21-27(25,26)13-6-7-15(19)16(20)11-13;3-2(4,5)1(6)7/h5-8,10-11,21H,3-4,9H2,1-2H3,(H,23,24);(H,6,7). The molecule has 0 heterocycles. The van der Waals surface area contributed by atoms with Crippen molar-refractivity contribution < 1.29 is 50.2 Å². The predicted octanol–water partition coefficient (Wildman–Crippen LogP) is 4.33. The van der Waals surface area contributed by atoms with Crippen LogP contribution in [0.5, 0.6) is 0 Å². The molecule has 0 amide bonds. The van der Waals surface area contributed by atoms with Crippen molar-refractivity contribution in [3.8, 4) is 0 Å². The van der Waals surface area contributed by atoms with E-state index in [1.54, 1.807) is 11.9 Å². The lowest BCUT2D eigenvalue weighted by Gasteiger charge is -2.21. The van der Waals surface area contributed by atoms with Gasteiger partial charge in [-0.25, -0.2) is 26.8 Å². The van der Waals surface area contributed by atoms with Gasteiger partial charge in [-0.2, -0.15) is 13.2 Å². The number of benzene rings is 2. The van der Waals surface area contributed by atoms with Crippen LogP contribution < -0.4 is 9.62 Å². The molecule has 0 unspecified atom stereocenters. The zero-order chi connectivity index (χ0) is 26.3. The molecular formula is C20H21F5N2O6S. The highest BCUT2D eigenvalue weighted by atomic mass is 32.2. The molecule has 34 heavy (non-hydrogen) atoms. The van der Waals surface area contributed by atoms with Crippen LogP contribution in [0.2, 0.25) is 0 Å². The number of aromatic carboxylic acids is 1. The quantitative estimate of drug-likeness (QED) is 0.450. The van der Waals surface area contributed by atoms with Crippen molar-refractivity contribution in [3.05, 3.63) is 53.6 Å². The fraction of sp³-hybridized carbons (Fsp3) is 0.300. The molecule has 3 N–H and O–H groups in total. The maximum absolute atomic E-state index is 13.3. The highest BCUT2D eigenvalue weighted by molar-refractivity contribution is 7.92. The van der Waals surface area contributed by atoms with E-state index in [4.69, 9.17) is 9.90 Å². The summed E-state index contributed by atoms with van der Waals surface area (Å²) in [6.07, 6.45) is -3.26. The second-order valence-electron chi connectivity index (χ2n) is 6.80. The van der Waals surface area contributed by atoms with Crippen LogP contribution >= 0.6 is 0 Å². The van der Waals surface area contributed by atoms with Crippen LogP contribution in [0, 0.1) is 11.6 Å². The third-order valence-corrected chi connectivity index (χ3v) is 5.56. The monoisotopic (exact) mass is 512 g/mol. The summed E-state index contributed by atoms with van der Waals surface area (Å²) in [5.41, 5.74) is 0.385. The molecule has 0 atom stereocenters. The smallest absolute Gasteiger partial charge is 0.478 e. The Bertz CT molecular complexity index is 1140. The number of nitrogens with one attached hydrogen (secondary N) is 1. The molecule has 0 fully saturated rings. The highest BCUT2D eigenvalue weighted by Gasteiger charge is 2.38. The first kappa shape index (κ1) is 28.6. The Morgan fingerprint density at radius 1 is 1.03 bits per heavy atom.